The molecule has 26 heavy (non-hydrogen) atoms. The van der Waals surface area contributed by atoms with Crippen LogP contribution in [-0.4, -0.2) is 10.9 Å². The molecule has 3 nitrogen and oxygen atoms in total. The van der Waals surface area contributed by atoms with Gasteiger partial charge in [-0.15, -0.1) is 0 Å². The summed E-state index contributed by atoms with van der Waals surface area (Å²) in [7, 11) is 0. The number of hydrogen-bond acceptors (Lipinski definition) is 3. The Morgan fingerprint density at radius 3 is 2.69 bits per heavy atom. The molecule has 2 aromatic heterocycles. The molecule has 4 aromatic rings. The van der Waals surface area contributed by atoms with Gasteiger partial charge in [0.25, 0.3) is 0 Å². The first-order chi connectivity index (χ1) is 12.8. The molecule has 128 valence electrons. The van der Waals surface area contributed by atoms with Crippen molar-refractivity contribution in [1.82, 2.24) is 4.98 Å². The van der Waals surface area contributed by atoms with Crippen LogP contribution >= 0.6 is 11.3 Å². The van der Waals surface area contributed by atoms with Gasteiger partial charge in [0.05, 0.1) is 11.2 Å². The number of carbonyl (C=O) groups is 1. The molecule has 0 aliphatic rings. The second-order valence-electron chi connectivity index (χ2n) is 6.11. The maximum Gasteiger partial charge on any atom is 0.224 e. The third kappa shape index (κ3) is 3.51. The molecule has 4 rings (SSSR count). The fourth-order valence-electron chi connectivity index (χ4n) is 3.06. The molecule has 0 atom stereocenters. The van der Waals surface area contributed by atoms with Gasteiger partial charge >= 0.3 is 0 Å². The van der Waals surface area contributed by atoms with Crippen molar-refractivity contribution in [2.75, 3.05) is 5.32 Å². The largest absolute Gasteiger partial charge is 0.324 e. The molecule has 4 heteroatoms. The number of fused-ring (bicyclic) bond motifs is 1. The monoisotopic (exact) mass is 358 g/mol. The maximum atomic E-state index is 12.4. The van der Waals surface area contributed by atoms with Crippen LogP contribution in [0.5, 0.6) is 0 Å². The zero-order valence-corrected chi connectivity index (χ0v) is 15.0. The average Bonchev–Trinajstić information content (AvgIpc) is 3.22. The Kier molecular flexibility index (Phi) is 4.75. The summed E-state index contributed by atoms with van der Waals surface area (Å²) < 4.78 is 0. The molecule has 0 spiro atoms. The molecule has 0 bridgehead atoms. The fraction of sp³-hybridized carbons (Fsp3) is 0.0909. The molecule has 1 N–H and O–H groups in total. The SMILES string of the molecule is O=C(CCc1ccccc1)Nc1ccc(-c2ccsc2)c2cccnc12. The molecule has 0 radical (unpaired) electrons. The first-order valence-electron chi connectivity index (χ1n) is 8.55. The molecule has 0 unspecified atom stereocenters. The fourth-order valence-corrected chi connectivity index (χ4v) is 3.71. The minimum Gasteiger partial charge on any atom is -0.324 e. The van der Waals surface area contributed by atoms with Gasteiger partial charge in [-0.25, -0.2) is 0 Å². The Morgan fingerprint density at radius 1 is 1.00 bits per heavy atom. The number of anilines is 1. The van der Waals surface area contributed by atoms with Crippen molar-refractivity contribution in [3.8, 4) is 11.1 Å². The molecule has 0 aliphatic heterocycles. The van der Waals surface area contributed by atoms with Crippen LogP contribution < -0.4 is 5.32 Å². The standard InChI is InChI=1S/C22H18N2OS/c25-21(11-8-16-5-2-1-3-6-16)24-20-10-9-18(17-12-14-26-15-17)19-7-4-13-23-22(19)20/h1-7,9-10,12-15H,8,11H2,(H,24,25). The summed E-state index contributed by atoms with van der Waals surface area (Å²) in [5, 5.41) is 8.27. The van der Waals surface area contributed by atoms with E-state index in [1.807, 2.05) is 42.5 Å². The van der Waals surface area contributed by atoms with Crippen LogP contribution in [0, 0.1) is 0 Å². The highest BCUT2D eigenvalue weighted by molar-refractivity contribution is 7.08. The van der Waals surface area contributed by atoms with Crippen molar-refractivity contribution < 1.29 is 4.79 Å². The second-order valence-corrected chi connectivity index (χ2v) is 6.89. The predicted molar refractivity (Wildman–Crippen MR) is 108 cm³/mol. The number of nitrogens with one attached hydrogen (secondary N) is 1. The van der Waals surface area contributed by atoms with Gasteiger partial charge in [-0.3, -0.25) is 9.78 Å². The number of amides is 1. The van der Waals surface area contributed by atoms with Gasteiger partial charge in [0, 0.05) is 18.0 Å². The number of aromatic nitrogens is 1. The number of nitrogens with zero attached hydrogens (tertiary/aromatic N) is 1. The van der Waals surface area contributed by atoms with Gasteiger partial charge in [-0.2, -0.15) is 11.3 Å². The van der Waals surface area contributed by atoms with Crippen LogP contribution in [0.2, 0.25) is 0 Å². The molecule has 2 heterocycles. The number of thiophene rings is 1. The topological polar surface area (TPSA) is 42.0 Å². The third-order valence-electron chi connectivity index (χ3n) is 4.36. The second kappa shape index (κ2) is 7.50. The van der Waals surface area contributed by atoms with E-state index >= 15 is 0 Å². The molecule has 0 saturated carbocycles. The summed E-state index contributed by atoms with van der Waals surface area (Å²) in [6.45, 7) is 0. The van der Waals surface area contributed by atoms with Crippen molar-refractivity contribution >= 4 is 33.8 Å². The van der Waals surface area contributed by atoms with Crippen LogP contribution in [0.25, 0.3) is 22.0 Å². The number of hydrogen-bond donors (Lipinski definition) is 1. The number of rotatable bonds is 5. The highest BCUT2D eigenvalue weighted by Gasteiger charge is 2.11. The van der Waals surface area contributed by atoms with E-state index < -0.39 is 0 Å². The number of carbonyl (C=O) groups excluding carboxylic acids is 1. The third-order valence-corrected chi connectivity index (χ3v) is 5.04. The summed E-state index contributed by atoms with van der Waals surface area (Å²) in [6, 6.07) is 20.1. The van der Waals surface area contributed by atoms with Crippen molar-refractivity contribution in [3.63, 3.8) is 0 Å². The summed E-state index contributed by atoms with van der Waals surface area (Å²) >= 11 is 1.67. The van der Waals surface area contributed by atoms with Crippen LogP contribution in [0.4, 0.5) is 5.69 Å². The van der Waals surface area contributed by atoms with Crippen LogP contribution in [0.15, 0.2) is 77.6 Å². The molecule has 2 aromatic carbocycles. The lowest BCUT2D eigenvalue weighted by atomic mass is 10.0. The molecule has 0 saturated heterocycles. The van der Waals surface area contributed by atoms with Crippen molar-refractivity contribution in [2.24, 2.45) is 0 Å². The van der Waals surface area contributed by atoms with Gasteiger partial charge in [-0.1, -0.05) is 42.5 Å². The van der Waals surface area contributed by atoms with E-state index in [1.54, 1.807) is 17.5 Å². The number of benzene rings is 2. The van der Waals surface area contributed by atoms with E-state index in [0.29, 0.717) is 6.42 Å². The molecule has 1 amide bonds. The Morgan fingerprint density at radius 2 is 1.88 bits per heavy atom. The number of pyridine rings is 1. The zero-order valence-electron chi connectivity index (χ0n) is 14.2. The lowest BCUT2D eigenvalue weighted by Crippen LogP contribution is -2.13. The lowest BCUT2D eigenvalue weighted by molar-refractivity contribution is -0.116. The van der Waals surface area contributed by atoms with Gasteiger partial charge in [0.15, 0.2) is 0 Å². The van der Waals surface area contributed by atoms with E-state index in [1.165, 1.54) is 11.1 Å². The van der Waals surface area contributed by atoms with Crippen LogP contribution in [-0.2, 0) is 11.2 Å². The minimum atomic E-state index is 0.00379. The molecule has 0 fully saturated rings. The van der Waals surface area contributed by atoms with Crippen LogP contribution in [0.1, 0.15) is 12.0 Å². The first kappa shape index (κ1) is 16.5. The summed E-state index contributed by atoms with van der Waals surface area (Å²) in [5.74, 6) is 0.00379. The van der Waals surface area contributed by atoms with Crippen LogP contribution in [0.3, 0.4) is 0 Å². The van der Waals surface area contributed by atoms with E-state index in [4.69, 9.17) is 0 Å². The molecular weight excluding hydrogens is 340 g/mol. The van der Waals surface area contributed by atoms with E-state index in [9.17, 15) is 4.79 Å². The summed E-state index contributed by atoms with van der Waals surface area (Å²) in [4.78, 5) is 16.9. The highest BCUT2D eigenvalue weighted by Crippen LogP contribution is 2.33. The predicted octanol–water partition coefficient (Wildman–Crippen LogP) is 5.53. The van der Waals surface area contributed by atoms with Crippen molar-refractivity contribution in [1.29, 1.82) is 0 Å². The first-order valence-corrected chi connectivity index (χ1v) is 9.49. The quantitative estimate of drug-likeness (QED) is 0.509. The maximum absolute atomic E-state index is 12.4. The number of aryl methyl sites for hydroxylation is 1. The normalized spacial score (nSPS) is 10.8. The Balaban J connectivity index is 1.57. The highest BCUT2D eigenvalue weighted by atomic mass is 32.1. The van der Waals surface area contributed by atoms with Gasteiger partial charge in [0.2, 0.25) is 5.91 Å². The Labute approximate surface area is 156 Å². The van der Waals surface area contributed by atoms with Crippen molar-refractivity contribution in [3.05, 3.63) is 83.2 Å². The Hall–Kier alpha value is -2.98. The average molecular weight is 358 g/mol. The van der Waals surface area contributed by atoms with E-state index in [-0.39, 0.29) is 5.91 Å². The minimum absolute atomic E-state index is 0.00379. The van der Waals surface area contributed by atoms with Crippen molar-refractivity contribution in [2.45, 2.75) is 12.8 Å². The Bertz CT molecular complexity index is 1030. The molecule has 0 aliphatic carbocycles. The van der Waals surface area contributed by atoms with Gasteiger partial charge in [-0.05, 0) is 52.1 Å². The van der Waals surface area contributed by atoms with Gasteiger partial charge < -0.3 is 5.32 Å². The van der Waals surface area contributed by atoms with E-state index in [0.717, 1.165) is 28.6 Å². The van der Waals surface area contributed by atoms with E-state index in [2.05, 4.69) is 39.3 Å². The lowest BCUT2D eigenvalue weighted by Gasteiger charge is -2.11. The smallest absolute Gasteiger partial charge is 0.224 e. The summed E-state index contributed by atoms with van der Waals surface area (Å²) in [6.07, 6.45) is 2.94. The van der Waals surface area contributed by atoms with Gasteiger partial charge in [0.1, 0.15) is 0 Å². The zero-order chi connectivity index (χ0) is 17.8. The molecular formula is C22H18N2OS. The summed E-state index contributed by atoms with van der Waals surface area (Å²) in [5.41, 5.74) is 5.06.